The Morgan fingerprint density at radius 1 is 1.03 bits per heavy atom. The molecule has 2 aromatic carbocycles. The summed E-state index contributed by atoms with van der Waals surface area (Å²) in [6, 6.07) is 14.9. The maximum atomic E-state index is 12.7. The smallest absolute Gasteiger partial charge is 0.257 e. The molecule has 0 saturated heterocycles. The molecule has 1 amide bonds. The molecular weight excluding hydrogens is 408 g/mol. The standard InChI is InChI=1S/C24H24N4O4/c1-15-27-19-11-16(24(29)26-14-17-7-5-6-10-25-17)8-9-20(19)28(15)18-12-21(30-2)23(32-4)22(13-18)31-3/h5-13H,14H2,1-4H3,(H,26,29)/p+1. The van der Waals surface area contributed by atoms with Crippen molar-refractivity contribution in [3.63, 3.8) is 0 Å². The first-order valence-corrected chi connectivity index (χ1v) is 10.1. The minimum Gasteiger partial charge on any atom is -0.493 e. The van der Waals surface area contributed by atoms with Crippen LogP contribution >= 0.6 is 0 Å². The van der Waals surface area contributed by atoms with Crippen LogP contribution in [0.2, 0.25) is 0 Å². The minimum absolute atomic E-state index is 0.163. The van der Waals surface area contributed by atoms with E-state index in [9.17, 15) is 4.79 Å². The molecule has 0 unspecified atom stereocenters. The van der Waals surface area contributed by atoms with E-state index in [0.29, 0.717) is 29.4 Å². The number of rotatable bonds is 7. The quantitative estimate of drug-likeness (QED) is 0.437. The molecule has 2 heterocycles. The number of carbonyl (C=O) groups excluding carboxylic acids is 1. The fourth-order valence-electron chi connectivity index (χ4n) is 3.71. The van der Waals surface area contributed by atoms with E-state index in [0.717, 1.165) is 28.2 Å². The molecule has 0 spiro atoms. The van der Waals surface area contributed by atoms with E-state index in [4.69, 9.17) is 14.2 Å². The van der Waals surface area contributed by atoms with Crippen LogP contribution in [0.5, 0.6) is 17.2 Å². The highest BCUT2D eigenvalue weighted by molar-refractivity contribution is 5.97. The topological polar surface area (TPSA) is 89.4 Å². The number of benzene rings is 2. The van der Waals surface area contributed by atoms with Gasteiger partial charge < -0.3 is 19.5 Å². The highest BCUT2D eigenvalue weighted by Crippen LogP contribution is 2.38. The summed E-state index contributed by atoms with van der Waals surface area (Å²) in [6.45, 7) is 2.33. The Labute approximate surface area is 185 Å². The van der Waals surface area contributed by atoms with E-state index in [1.165, 1.54) is 0 Å². The number of hydrogen-bond acceptors (Lipinski definition) is 5. The van der Waals surface area contributed by atoms with Crippen LogP contribution in [0.4, 0.5) is 0 Å². The van der Waals surface area contributed by atoms with E-state index in [1.54, 1.807) is 33.6 Å². The molecule has 0 atom stereocenters. The summed E-state index contributed by atoms with van der Waals surface area (Å²) in [6.07, 6.45) is 1.71. The van der Waals surface area contributed by atoms with Crippen molar-refractivity contribution >= 4 is 16.9 Å². The Hall–Kier alpha value is -4.07. The monoisotopic (exact) mass is 433 g/mol. The second kappa shape index (κ2) is 8.97. The lowest BCUT2D eigenvalue weighted by molar-refractivity contribution is -0.574. The molecule has 0 bridgehead atoms. The lowest BCUT2D eigenvalue weighted by atomic mass is 10.1. The Balaban J connectivity index is 1.68. The summed E-state index contributed by atoms with van der Waals surface area (Å²) in [4.78, 5) is 20.2. The lowest BCUT2D eigenvalue weighted by Gasteiger charge is -2.13. The fraction of sp³-hybridized carbons (Fsp3) is 0.208. The van der Waals surface area contributed by atoms with Crippen molar-refractivity contribution in [2.24, 2.45) is 0 Å². The Bertz CT molecular complexity index is 1240. The summed E-state index contributed by atoms with van der Waals surface area (Å²) in [7, 11) is 4.75. The zero-order chi connectivity index (χ0) is 22.7. The molecule has 2 N–H and O–H groups in total. The van der Waals surface area contributed by atoms with Crippen LogP contribution in [0.1, 0.15) is 21.9 Å². The van der Waals surface area contributed by atoms with Crippen molar-refractivity contribution in [3.05, 3.63) is 71.8 Å². The van der Waals surface area contributed by atoms with Crippen LogP contribution in [-0.2, 0) is 6.54 Å². The van der Waals surface area contributed by atoms with Crippen LogP contribution in [0.25, 0.3) is 16.7 Å². The van der Waals surface area contributed by atoms with Gasteiger partial charge in [-0.3, -0.25) is 9.78 Å². The summed E-state index contributed by atoms with van der Waals surface area (Å²) < 4.78 is 18.5. The van der Waals surface area contributed by atoms with Crippen molar-refractivity contribution < 1.29 is 23.6 Å². The van der Waals surface area contributed by atoms with Crippen molar-refractivity contribution in [3.8, 4) is 22.9 Å². The number of carbonyl (C=O) groups is 1. The summed E-state index contributed by atoms with van der Waals surface area (Å²) >= 11 is 0. The maximum absolute atomic E-state index is 12.7. The highest BCUT2D eigenvalue weighted by atomic mass is 16.5. The molecule has 8 nitrogen and oxygen atoms in total. The number of amides is 1. The number of aromatic amines is 1. The van der Waals surface area contributed by atoms with Crippen LogP contribution in [-0.4, -0.2) is 37.2 Å². The first-order valence-electron chi connectivity index (χ1n) is 10.1. The molecule has 4 rings (SSSR count). The Morgan fingerprint density at radius 2 is 1.78 bits per heavy atom. The Kier molecular flexibility index (Phi) is 5.93. The molecule has 8 heteroatoms. The maximum Gasteiger partial charge on any atom is 0.257 e. The lowest BCUT2D eigenvalue weighted by Crippen LogP contribution is -2.32. The number of hydrogen-bond donors (Lipinski definition) is 2. The molecule has 0 aliphatic heterocycles. The second-order valence-electron chi connectivity index (χ2n) is 7.17. The van der Waals surface area contributed by atoms with E-state index >= 15 is 0 Å². The van der Waals surface area contributed by atoms with Gasteiger partial charge in [-0.2, -0.15) is 4.57 Å². The molecule has 164 valence electrons. The number of imidazole rings is 1. The largest absolute Gasteiger partial charge is 0.493 e. The third kappa shape index (κ3) is 3.94. The van der Waals surface area contributed by atoms with Crippen LogP contribution in [0.15, 0.2) is 54.7 Å². The van der Waals surface area contributed by atoms with Crippen LogP contribution in [0, 0.1) is 6.92 Å². The normalized spacial score (nSPS) is 10.8. The second-order valence-corrected chi connectivity index (χ2v) is 7.17. The predicted octanol–water partition coefficient (Wildman–Crippen LogP) is 3.10. The van der Waals surface area contributed by atoms with Gasteiger partial charge in [-0.1, -0.05) is 6.07 Å². The predicted molar refractivity (Wildman–Crippen MR) is 120 cm³/mol. The zero-order valence-electron chi connectivity index (χ0n) is 18.4. The number of aromatic nitrogens is 3. The van der Waals surface area contributed by atoms with Gasteiger partial charge >= 0.3 is 0 Å². The average Bonchev–Trinajstić information content (AvgIpc) is 3.16. The number of ether oxygens (including phenoxy) is 3. The van der Waals surface area contributed by atoms with Gasteiger partial charge in [0.2, 0.25) is 5.75 Å². The number of nitrogens with zero attached hydrogens (tertiary/aromatic N) is 2. The summed E-state index contributed by atoms with van der Waals surface area (Å²) in [5, 5.41) is 2.91. The minimum atomic E-state index is -0.163. The Morgan fingerprint density at radius 3 is 2.41 bits per heavy atom. The number of H-pyrrole nitrogens is 1. The van der Waals surface area contributed by atoms with Crippen LogP contribution < -0.4 is 24.1 Å². The van der Waals surface area contributed by atoms with Gasteiger partial charge in [-0.15, -0.1) is 0 Å². The van der Waals surface area contributed by atoms with Gasteiger partial charge in [-0.25, -0.2) is 4.98 Å². The number of aryl methyl sites for hydroxylation is 1. The molecular formula is C24H25N4O4+. The molecule has 0 saturated carbocycles. The number of nitrogens with one attached hydrogen (secondary N) is 2. The molecule has 0 radical (unpaired) electrons. The highest BCUT2D eigenvalue weighted by Gasteiger charge is 2.22. The van der Waals surface area contributed by atoms with Crippen molar-refractivity contribution in [2.75, 3.05) is 21.3 Å². The van der Waals surface area contributed by atoms with Crippen molar-refractivity contribution in [2.45, 2.75) is 13.5 Å². The first kappa shape index (κ1) is 21.2. The SMILES string of the molecule is COc1cc(-[n+]2c(C)[nH]c3cc(C(=O)NCc4ccccn4)ccc32)cc(OC)c1OC. The third-order valence-electron chi connectivity index (χ3n) is 5.21. The summed E-state index contributed by atoms with van der Waals surface area (Å²) in [5.41, 5.74) is 3.96. The van der Waals surface area contributed by atoms with E-state index in [2.05, 4.69) is 15.3 Å². The van der Waals surface area contributed by atoms with Crippen molar-refractivity contribution in [1.29, 1.82) is 0 Å². The van der Waals surface area contributed by atoms with E-state index in [1.807, 2.05) is 54.0 Å². The van der Waals surface area contributed by atoms with Gasteiger partial charge in [0.15, 0.2) is 22.5 Å². The fourth-order valence-corrected chi connectivity index (χ4v) is 3.71. The van der Waals surface area contributed by atoms with Crippen molar-refractivity contribution in [1.82, 2.24) is 15.3 Å². The molecule has 4 aromatic rings. The van der Waals surface area contributed by atoms with Gasteiger partial charge in [-0.05, 0) is 24.3 Å². The zero-order valence-corrected chi connectivity index (χ0v) is 18.4. The number of fused-ring (bicyclic) bond motifs is 1. The van der Waals surface area contributed by atoms with E-state index < -0.39 is 0 Å². The van der Waals surface area contributed by atoms with Gasteiger partial charge in [0.1, 0.15) is 5.69 Å². The molecule has 0 fully saturated rings. The third-order valence-corrected chi connectivity index (χ3v) is 5.21. The first-order chi connectivity index (χ1) is 15.5. The number of pyridine rings is 1. The van der Waals surface area contributed by atoms with Gasteiger partial charge in [0, 0.05) is 36.9 Å². The average molecular weight is 433 g/mol. The molecule has 0 aliphatic rings. The van der Waals surface area contributed by atoms with Gasteiger partial charge in [0.25, 0.3) is 11.7 Å². The molecule has 2 aromatic heterocycles. The summed E-state index contributed by atoms with van der Waals surface area (Å²) in [5.74, 6) is 2.38. The van der Waals surface area contributed by atoms with Gasteiger partial charge in [0.05, 0.1) is 33.6 Å². The molecule has 32 heavy (non-hydrogen) atoms. The van der Waals surface area contributed by atoms with Crippen LogP contribution in [0.3, 0.4) is 0 Å². The molecule has 0 aliphatic carbocycles. The van der Waals surface area contributed by atoms with E-state index in [-0.39, 0.29) is 5.91 Å². The number of methoxy groups -OCH3 is 3.